The Morgan fingerprint density at radius 2 is 1.78 bits per heavy atom. The maximum atomic E-state index is 13.7. The van der Waals surface area contributed by atoms with E-state index in [9.17, 15) is 17.7 Å². The van der Waals surface area contributed by atoms with E-state index in [1.165, 1.54) is 12.3 Å². The summed E-state index contributed by atoms with van der Waals surface area (Å²) in [6, 6.07) is 10.2. The highest BCUT2D eigenvalue weighted by molar-refractivity contribution is 7.70. The van der Waals surface area contributed by atoms with E-state index in [0.29, 0.717) is 29.7 Å². The van der Waals surface area contributed by atoms with E-state index in [0.717, 1.165) is 0 Å². The second-order valence-electron chi connectivity index (χ2n) is 8.52. The molecule has 0 saturated carbocycles. The van der Waals surface area contributed by atoms with Crippen molar-refractivity contribution in [3.05, 3.63) is 53.3 Å². The molecular formula is C23H27ClF3N6O2P. The SMILES string of the molecule is CN(C)CCc1ccc(Nc2ncc(Cl)c(Nc3ccccc3P(C)(C)=O)n2)c(OC(F)C(F)F)n1. The summed E-state index contributed by atoms with van der Waals surface area (Å²) < 4.78 is 56.9. The van der Waals surface area contributed by atoms with Crippen LogP contribution in [0.2, 0.25) is 5.02 Å². The third-order valence-electron chi connectivity index (χ3n) is 4.88. The van der Waals surface area contributed by atoms with Gasteiger partial charge in [-0.25, -0.2) is 18.7 Å². The smallest absolute Gasteiger partial charge is 0.304 e. The maximum Gasteiger partial charge on any atom is 0.304 e. The Hall–Kier alpha value is -2.88. The van der Waals surface area contributed by atoms with E-state index in [4.69, 9.17) is 16.3 Å². The molecule has 36 heavy (non-hydrogen) atoms. The van der Waals surface area contributed by atoms with Gasteiger partial charge in [0.15, 0.2) is 5.82 Å². The number of pyridine rings is 1. The van der Waals surface area contributed by atoms with Crippen LogP contribution in [0.5, 0.6) is 5.88 Å². The van der Waals surface area contributed by atoms with Crippen LogP contribution in [0.1, 0.15) is 5.69 Å². The largest absolute Gasteiger partial charge is 0.435 e. The topological polar surface area (TPSA) is 92.3 Å². The molecule has 194 valence electrons. The standard InChI is InChI=1S/C23H27ClF3N6O2P/c1-33(2)12-11-14-9-10-17(22(29-14)35-20(27)19(25)26)31-23-28-13-15(24)21(32-23)30-16-7-5-6-8-18(16)36(3,4)34/h5-10,13,19-20H,11-12H2,1-4H3,(H2,28,30,31,32). The van der Waals surface area contributed by atoms with Gasteiger partial charge in [-0.1, -0.05) is 23.7 Å². The van der Waals surface area contributed by atoms with E-state index in [1.807, 2.05) is 19.0 Å². The van der Waals surface area contributed by atoms with E-state index >= 15 is 0 Å². The van der Waals surface area contributed by atoms with Crippen molar-refractivity contribution in [2.75, 3.05) is 44.6 Å². The van der Waals surface area contributed by atoms with Gasteiger partial charge in [-0.3, -0.25) is 0 Å². The number of ether oxygens (including phenoxy) is 1. The molecule has 3 rings (SSSR count). The van der Waals surface area contributed by atoms with Crippen LogP contribution in [-0.4, -0.2) is 66.6 Å². The minimum absolute atomic E-state index is 0.0238. The summed E-state index contributed by atoms with van der Waals surface area (Å²) in [5, 5.41) is 6.69. The Morgan fingerprint density at radius 3 is 2.44 bits per heavy atom. The van der Waals surface area contributed by atoms with Crippen molar-refractivity contribution in [3.63, 3.8) is 0 Å². The molecule has 2 N–H and O–H groups in total. The zero-order chi connectivity index (χ0) is 26.5. The van der Waals surface area contributed by atoms with Crippen LogP contribution < -0.4 is 20.7 Å². The first kappa shape index (κ1) is 27.7. The zero-order valence-electron chi connectivity index (χ0n) is 20.2. The number of aromatic nitrogens is 3. The predicted octanol–water partition coefficient (Wildman–Crippen LogP) is 5.30. The van der Waals surface area contributed by atoms with Gasteiger partial charge in [0.05, 0.1) is 11.9 Å². The molecular weight excluding hydrogens is 516 g/mol. The first-order valence-electron chi connectivity index (χ1n) is 10.9. The Morgan fingerprint density at radius 1 is 1.06 bits per heavy atom. The lowest BCUT2D eigenvalue weighted by Gasteiger charge is -2.17. The van der Waals surface area contributed by atoms with E-state index < -0.39 is 19.9 Å². The van der Waals surface area contributed by atoms with Gasteiger partial charge in [0.1, 0.15) is 17.9 Å². The highest BCUT2D eigenvalue weighted by Crippen LogP contribution is 2.38. The van der Waals surface area contributed by atoms with Gasteiger partial charge in [-0.2, -0.15) is 9.37 Å². The molecule has 8 nitrogen and oxygen atoms in total. The molecule has 1 aromatic carbocycles. The molecule has 2 aromatic heterocycles. The number of hydrogen-bond acceptors (Lipinski definition) is 8. The Labute approximate surface area is 212 Å². The Bertz CT molecular complexity index is 1240. The predicted molar refractivity (Wildman–Crippen MR) is 137 cm³/mol. The molecule has 0 aliphatic heterocycles. The summed E-state index contributed by atoms with van der Waals surface area (Å²) in [4.78, 5) is 14.6. The quantitative estimate of drug-likeness (QED) is 0.315. The number of halogens is 4. The molecule has 1 unspecified atom stereocenters. The minimum atomic E-state index is -3.35. The summed E-state index contributed by atoms with van der Waals surface area (Å²) in [6.07, 6.45) is -4.38. The Balaban J connectivity index is 1.91. The van der Waals surface area contributed by atoms with Crippen LogP contribution in [0.15, 0.2) is 42.6 Å². The molecule has 0 aliphatic rings. The van der Waals surface area contributed by atoms with Gasteiger partial charge in [0, 0.05) is 24.0 Å². The van der Waals surface area contributed by atoms with E-state index in [1.54, 1.807) is 43.7 Å². The number of nitrogens with one attached hydrogen (secondary N) is 2. The first-order chi connectivity index (χ1) is 16.9. The molecule has 0 amide bonds. The van der Waals surface area contributed by atoms with Gasteiger partial charge in [-0.15, -0.1) is 0 Å². The van der Waals surface area contributed by atoms with Crippen LogP contribution in [0, 0.1) is 0 Å². The number of anilines is 4. The van der Waals surface area contributed by atoms with Crippen LogP contribution in [0.3, 0.4) is 0 Å². The van der Waals surface area contributed by atoms with Crippen LogP contribution >= 0.6 is 18.7 Å². The number of rotatable bonds is 11. The van der Waals surface area contributed by atoms with E-state index in [2.05, 4.69) is 25.6 Å². The first-order valence-corrected chi connectivity index (χ1v) is 13.9. The molecule has 0 radical (unpaired) electrons. The van der Waals surface area contributed by atoms with Crippen molar-refractivity contribution < 1.29 is 22.5 Å². The average molecular weight is 543 g/mol. The third kappa shape index (κ3) is 7.56. The molecule has 2 heterocycles. The molecule has 0 saturated heterocycles. The summed E-state index contributed by atoms with van der Waals surface area (Å²) in [7, 11) is 1.15. The van der Waals surface area contributed by atoms with Crippen molar-refractivity contribution in [1.82, 2.24) is 19.9 Å². The second kappa shape index (κ2) is 11.9. The number of hydrogen-bond donors (Lipinski definition) is 2. The number of para-hydroxylation sites is 1. The van der Waals surface area contributed by atoms with E-state index in [-0.39, 0.29) is 28.4 Å². The van der Waals surface area contributed by atoms with Crippen LogP contribution in [-0.2, 0) is 11.0 Å². The van der Waals surface area contributed by atoms with Crippen LogP contribution in [0.4, 0.5) is 36.3 Å². The van der Waals surface area contributed by atoms with Crippen molar-refractivity contribution in [3.8, 4) is 5.88 Å². The molecule has 0 aliphatic carbocycles. The van der Waals surface area contributed by atoms with Crippen molar-refractivity contribution in [2.24, 2.45) is 0 Å². The fourth-order valence-electron chi connectivity index (χ4n) is 3.11. The maximum absolute atomic E-state index is 13.7. The minimum Gasteiger partial charge on any atom is -0.435 e. The van der Waals surface area contributed by atoms with Gasteiger partial charge in [0.25, 0.3) is 6.36 Å². The lowest BCUT2D eigenvalue weighted by Crippen LogP contribution is -2.21. The number of benzene rings is 1. The molecule has 13 heteroatoms. The monoisotopic (exact) mass is 542 g/mol. The summed E-state index contributed by atoms with van der Waals surface area (Å²) in [5.74, 6) is -0.116. The molecule has 3 aromatic rings. The highest BCUT2D eigenvalue weighted by Gasteiger charge is 2.24. The molecule has 0 fully saturated rings. The third-order valence-corrected chi connectivity index (χ3v) is 6.71. The summed E-state index contributed by atoms with van der Waals surface area (Å²) in [6.45, 7) is 3.94. The van der Waals surface area contributed by atoms with Gasteiger partial charge in [-0.05, 0) is 51.7 Å². The lowest BCUT2D eigenvalue weighted by atomic mass is 10.2. The summed E-state index contributed by atoms with van der Waals surface area (Å²) >= 11 is 6.27. The fourth-order valence-corrected chi connectivity index (χ4v) is 4.41. The normalized spacial score (nSPS) is 12.6. The number of alkyl halides is 3. The van der Waals surface area contributed by atoms with Gasteiger partial charge in [0.2, 0.25) is 11.8 Å². The second-order valence-corrected chi connectivity index (χ2v) is 12.1. The molecule has 1 atom stereocenters. The van der Waals surface area contributed by atoms with Gasteiger partial charge < -0.3 is 24.8 Å². The average Bonchev–Trinajstić information content (AvgIpc) is 2.80. The van der Waals surface area contributed by atoms with Crippen LogP contribution in [0.25, 0.3) is 0 Å². The summed E-state index contributed by atoms with van der Waals surface area (Å²) in [5.41, 5.74) is 1.18. The van der Waals surface area contributed by atoms with Crippen molar-refractivity contribution >= 4 is 47.2 Å². The molecule has 0 spiro atoms. The van der Waals surface area contributed by atoms with Crippen molar-refractivity contribution in [1.29, 1.82) is 0 Å². The molecule has 0 bridgehead atoms. The fraction of sp³-hybridized carbons (Fsp3) is 0.348. The zero-order valence-corrected chi connectivity index (χ0v) is 21.8. The van der Waals surface area contributed by atoms with Crippen molar-refractivity contribution in [2.45, 2.75) is 19.2 Å². The number of likely N-dealkylation sites (N-methyl/N-ethyl adjacent to an activating group) is 1. The van der Waals surface area contributed by atoms with Gasteiger partial charge >= 0.3 is 6.43 Å². The Kier molecular flexibility index (Phi) is 9.16. The highest BCUT2D eigenvalue weighted by atomic mass is 35.5. The number of nitrogens with zero attached hydrogens (tertiary/aromatic N) is 4. The lowest BCUT2D eigenvalue weighted by molar-refractivity contribution is -0.0687.